The lowest BCUT2D eigenvalue weighted by molar-refractivity contribution is -0.145. The van der Waals surface area contributed by atoms with Crippen LogP contribution in [0.1, 0.15) is 190 Å². The third-order valence-corrected chi connectivity index (χ3v) is 11.2. The minimum atomic E-state index is -0.401. The first-order valence-corrected chi connectivity index (χ1v) is 22.2. The maximum atomic E-state index is 12.1. The van der Waals surface area contributed by atoms with Crippen LogP contribution in [0, 0.1) is 0 Å². The summed E-state index contributed by atoms with van der Waals surface area (Å²) in [4.78, 5) is 50.7. The van der Waals surface area contributed by atoms with Crippen LogP contribution < -0.4 is 0 Å². The molecule has 2 atom stereocenters. The second-order valence-corrected chi connectivity index (χ2v) is 27.3. The van der Waals surface area contributed by atoms with Crippen molar-refractivity contribution in [1.29, 1.82) is 0 Å². The van der Waals surface area contributed by atoms with E-state index in [1.165, 1.54) is 9.80 Å². The summed E-state index contributed by atoms with van der Waals surface area (Å²) in [5.41, 5.74) is 1.51. The molecule has 2 saturated heterocycles. The van der Waals surface area contributed by atoms with Crippen LogP contribution in [-0.4, -0.2) is 94.5 Å². The van der Waals surface area contributed by atoms with Crippen LogP contribution in [0.2, 0.25) is 0 Å². The van der Waals surface area contributed by atoms with Gasteiger partial charge < -0.3 is 0 Å². The van der Waals surface area contributed by atoms with Gasteiger partial charge in [-0.1, -0.05) is 93.5 Å². The summed E-state index contributed by atoms with van der Waals surface area (Å²) >= 11 is 3.17. The van der Waals surface area contributed by atoms with E-state index in [0.717, 1.165) is 11.4 Å². The van der Waals surface area contributed by atoms with Crippen molar-refractivity contribution in [2.45, 2.75) is 232 Å². The molecule has 0 radical (unpaired) electrons. The molecule has 2 unspecified atom stereocenters. The van der Waals surface area contributed by atoms with Crippen LogP contribution in [0.25, 0.3) is 0 Å². The molecule has 0 aliphatic carbocycles. The summed E-state index contributed by atoms with van der Waals surface area (Å²) < 4.78 is 3.84. The van der Waals surface area contributed by atoms with E-state index in [9.17, 15) is 19.2 Å². The lowest BCUT2D eigenvalue weighted by Gasteiger charge is -2.30. The van der Waals surface area contributed by atoms with E-state index in [2.05, 4.69) is 145 Å². The van der Waals surface area contributed by atoms with Crippen molar-refractivity contribution in [3.63, 3.8) is 0 Å². The third-order valence-electron chi connectivity index (χ3n) is 8.44. The topological polar surface area (TPSA) is 136 Å². The Hall–Kier alpha value is -2.74. The Morgan fingerprint density at radius 1 is 0.448 bits per heavy atom. The zero-order chi connectivity index (χ0) is 46.0. The van der Waals surface area contributed by atoms with Crippen LogP contribution >= 0.6 is 23.5 Å². The Balaban J connectivity index is 0.000000389. The summed E-state index contributed by atoms with van der Waals surface area (Å²) in [6, 6.07) is 0. The molecule has 0 saturated carbocycles. The predicted molar refractivity (Wildman–Crippen MR) is 242 cm³/mol. The second kappa shape index (κ2) is 18.5. The summed E-state index contributed by atoms with van der Waals surface area (Å²) in [6.45, 7) is 49.3. The Bertz CT molecular complexity index is 1520. The molecule has 0 aromatic carbocycles. The molecule has 4 heterocycles. The van der Waals surface area contributed by atoms with Gasteiger partial charge in [0.2, 0.25) is 23.6 Å². The zero-order valence-electron chi connectivity index (χ0n) is 40.8. The van der Waals surface area contributed by atoms with Crippen LogP contribution in [-0.2, 0) is 41.1 Å². The molecule has 14 heteroatoms. The summed E-state index contributed by atoms with van der Waals surface area (Å²) in [5, 5.41) is 16.2. The average Bonchev–Trinajstić information content (AvgIpc) is 3.73. The predicted octanol–water partition coefficient (Wildman–Crippen LogP) is 9.55. The molecule has 2 aromatic rings. The Kier molecular flexibility index (Phi) is 17.0. The number of carbonyl (C=O) groups is 4. The van der Waals surface area contributed by atoms with Gasteiger partial charge in [-0.25, -0.2) is 9.36 Å². The molecule has 12 nitrogen and oxygen atoms in total. The van der Waals surface area contributed by atoms with Gasteiger partial charge in [0, 0.05) is 56.6 Å². The van der Waals surface area contributed by atoms with Gasteiger partial charge in [0.05, 0.1) is 33.0 Å². The minimum Gasteiger partial charge on any atom is -0.276 e. The fourth-order valence-corrected chi connectivity index (χ4v) is 8.10. The van der Waals surface area contributed by atoms with E-state index in [1.807, 2.05) is 63.3 Å². The van der Waals surface area contributed by atoms with Gasteiger partial charge in [-0.15, -0.1) is 33.7 Å². The highest BCUT2D eigenvalue weighted by Crippen LogP contribution is 2.38. The lowest BCUT2D eigenvalue weighted by atomic mass is 9.93. The van der Waals surface area contributed by atoms with E-state index < -0.39 is 11.1 Å². The van der Waals surface area contributed by atoms with Gasteiger partial charge in [-0.2, -0.15) is 0 Å². The molecule has 332 valence electrons. The minimum absolute atomic E-state index is 0.00843. The molecule has 2 aliphatic heterocycles. The number of imide groups is 2. The van der Waals surface area contributed by atoms with Crippen LogP contribution in [0.5, 0.6) is 0 Å². The molecule has 2 aromatic heterocycles. The standard InChI is InChI=1S/2C12H21NO2S.2C10H19N3/c2*1-11(2,3)13-9(14)7-8(10(13)15)16-12(4,5)6;2*1-9(2,3)8-7-13(12-11-8)10(4,5)6/h2*8H,7H2,1-6H3;2*7H,1-6H3. The first-order chi connectivity index (χ1) is 25.5. The average molecular weight is 849 g/mol. The van der Waals surface area contributed by atoms with E-state index in [0.29, 0.717) is 12.8 Å². The lowest BCUT2D eigenvalue weighted by Crippen LogP contribution is -2.46. The monoisotopic (exact) mass is 849 g/mol. The number of likely N-dealkylation sites (tertiary alicyclic amines) is 2. The van der Waals surface area contributed by atoms with Crippen LogP contribution in [0.4, 0.5) is 0 Å². The van der Waals surface area contributed by atoms with Gasteiger partial charge in [0.15, 0.2) is 0 Å². The smallest absolute Gasteiger partial charge is 0.243 e. The third kappa shape index (κ3) is 16.7. The summed E-state index contributed by atoms with van der Waals surface area (Å²) in [7, 11) is 0. The van der Waals surface area contributed by atoms with Crippen molar-refractivity contribution < 1.29 is 19.2 Å². The quantitative estimate of drug-likeness (QED) is 0.269. The van der Waals surface area contributed by atoms with Crippen LogP contribution in [0.15, 0.2) is 12.4 Å². The van der Waals surface area contributed by atoms with E-state index in [4.69, 9.17) is 0 Å². The molecule has 4 rings (SSSR count). The number of hydrogen-bond donors (Lipinski definition) is 0. The highest BCUT2D eigenvalue weighted by atomic mass is 32.2. The Morgan fingerprint density at radius 3 is 0.845 bits per heavy atom. The Morgan fingerprint density at radius 2 is 0.707 bits per heavy atom. The maximum Gasteiger partial charge on any atom is 0.243 e. The number of rotatable bonds is 2. The second-order valence-electron chi connectivity index (χ2n) is 23.3. The molecule has 0 bridgehead atoms. The molecule has 4 amide bonds. The first-order valence-electron chi connectivity index (χ1n) is 20.4. The van der Waals surface area contributed by atoms with Gasteiger partial charge in [0.1, 0.15) is 0 Å². The van der Waals surface area contributed by atoms with Gasteiger partial charge in [-0.3, -0.25) is 29.0 Å². The zero-order valence-corrected chi connectivity index (χ0v) is 42.4. The fourth-order valence-electron chi connectivity index (χ4n) is 5.53. The molecular formula is C44H80N8O4S2. The van der Waals surface area contributed by atoms with E-state index in [-0.39, 0.29) is 65.5 Å². The van der Waals surface area contributed by atoms with Crippen molar-refractivity contribution in [3.05, 3.63) is 23.8 Å². The summed E-state index contributed by atoms with van der Waals surface area (Å²) in [5.74, 6) is -0.145. The number of amides is 4. The van der Waals surface area contributed by atoms with Crippen molar-refractivity contribution in [2.24, 2.45) is 0 Å². The van der Waals surface area contributed by atoms with Crippen molar-refractivity contribution in [3.8, 4) is 0 Å². The van der Waals surface area contributed by atoms with E-state index >= 15 is 0 Å². The SMILES string of the molecule is CC(C)(C)SC1CC(=O)N(C(C)(C)C)C1=O.CC(C)(C)SC1CC(=O)N(C(C)(C)C)C1=O.CC(C)(C)c1cn(C(C)(C)C)nn1.CC(C)(C)c1cn(C(C)(C)C)nn1. The van der Waals surface area contributed by atoms with Crippen LogP contribution in [0.3, 0.4) is 0 Å². The molecule has 2 fully saturated rings. The van der Waals surface area contributed by atoms with Crippen molar-refractivity contribution in [1.82, 2.24) is 39.8 Å². The largest absolute Gasteiger partial charge is 0.276 e. The molecular weight excluding hydrogens is 769 g/mol. The normalized spacial score (nSPS) is 18.8. The number of aromatic nitrogens is 6. The van der Waals surface area contributed by atoms with Gasteiger partial charge in [-0.05, 0) is 83.1 Å². The molecule has 58 heavy (non-hydrogen) atoms. The van der Waals surface area contributed by atoms with Gasteiger partial charge in [0.25, 0.3) is 0 Å². The molecule has 0 spiro atoms. The number of nitrogens with zero attached hydrogens (tertiary/aromatic N) is 8. The van der Waals surface area contributed by atoms with Crippen molar-refractivity contribution >= 4 is 47.2 Å². The number of carbonyl (C=O) groups excluding carboxylic acids is 4. The highest BCUT2D eigenvalue weighted by molar-refractivity contribution is 8.02. The molecule has 0 N–H and O–H groups in total. The van der Waals surface area contributed by atoms with Gasteiger partial charge >= 0.3 is 0 Å². The fraction of sp³-hybridized carbons (Fsp3) is 0.818. The Labute approximate surface area is 360 Å². The molecule has 2 aliphatic rings. The number of thioether (sulfide) groups is 2. The van der Waals surface area contributed by atoms with Crippen molar-refractivity contribution in [2.75, 3.05) is 0 Å². The maximum absolute atomic E-state index is 12.1. The van der Waals surface area contributed by atoms with E-state index in [1.54, 1.807) is 23.5 Å². The highest BCUT2D eigenvalue weighted by Gasteiger charge is 2.46. The first kappa shape index (κ1) is 53.3. The summed E-state index contributed by atoms with van der Waals surface area (Å²) in [6.07, 6.45) is 4.75. The number of hydrogen-bond acceptors (Lipinski definition) is 10.